The second kappa shape index (κ2) is 20.3. The first kappa shape index (κ1) is 16.8. The Bertz CT molecular complexity index is 8.00. The molecule has 0 atom stereocenters. The van der Waals surface area contributed by atoms with Crippen LogP contribution in [0.1, 0.15) is 0 Å². The van der Waals surface area contributed by atoms with Gasteiger partial charge in [0.15, 0.2) is 0 Å². The third kappa shape index (κ3) is 9.04. The van der Waals surface area contributed by atoms with Gasteiger partial charge >= 0.3 is 67.4 Å². The van der Waals surface area contributed by atoms with E-state index in [9.17, 15) is 0 Å². The summed E-state index contributed by atoms with van der Waals surface area (Å²) in [6, 6.07) is 0. The van der Waals surface area contributed by atoms with Crippen molar-refractivity contribution < 1.29 is 23.7 Å². The maximum absolute atomic E-state index is 8.25. The molecule has 0 amide bonds. The first-order valence-corrected chi connectivity index (χ1v) is 0.842. The molecule has 0 aromatic carbocycles. The topological polar surface area (TPSA) is 17.1 Å². The van der Waals surface area contributed by atoms with Crippen LogP contribution in [-0.2, 0) is 23.7 Å². The minimum absolute atomic E-state index is 0. The average molecular weight is 259 g/mol. The van der Waals surface area contributed by atoms with Crippen LogP contribution in [0, 0.1) is 0 Å². The molecule has 0 aromatic heterocycles. The standard InChI is InChI=1S/Ga.O.Sn.Ti.7H. The number of hydrogen-bond acceptors (Lipinski definition) is 1. The van der Waals surface area contributed by atoms with Gasteiger partial charge in [0.25, 0.3) is 0 Å². The summed E-state index contributed by atoms with van der Waals surface area (Å²) >= 11 is 0.750. The van der Waals surface area contributed by atoms with Gasteiger partial charge in [0.05, 0.1) is 0 Å². The van der Waals surface area contributed by atoms with Crippen molar-refractivity contribution in [1.82, 2.24) is 0 Å². The summed E-state index contributed by atoms with van der Waals surface area (Å²) in [7, 11) is 0. The molecule has 1 nitrogen and oxygen atoms in total. The van der Waals surface area contributed by atoms with Crippen LogP contribution in [-0.4, -0.2) is 43.7 Å². The number of hydrogen-bond donors (Lipinski definition) is 0. The van der Waals surface area contributed by atoms with Crippen molar-refractivity contribution in [2.24, 2.45) is 0 Å². The van der Waals surface area contributed by atoms with E-state index < -0.39 is 0 Å². The summed E-state index contributed by atoms with van der Waals surface area (Å²) in [6.07, 6.45) is 0. The van der Waals surface area contributed by atoms with Gasteiger partial charge in [0, 0.05) is 0 Å². The zero-order valence-electron chi connectivity index (χ0n) is 0.908. The van der Waals surface area contributed by atoms with Gasteiger partial charge in [0.2, 0.25) is 0 Å². The summed E-state index contributed by atoms with van der Waals surface area (Å²) in [6.45, 7) is 0. The van der Waals surface area contributed by atoms with Gasteiger partial charge in [0.1, 0.15) is 0 Å². The summed E-state index contributed by atoms with van der Waals surface area (Å²) in [5, 5.41) is 0. The van der Waals surface area contributed by atoms with Crippen LogP contribution < -0.4 is 0 Å². The molecule has 0 saturated heterocycles. The summed E-state index contributed by atoms with van der Waals surface area (Å²) in [5.74, 6) is 0. The molecule has 0 rings (SSSR count). The van der Waals surface area contributed by atoms with Crippen LogP contribution in [0.4, 0.5) is 0 Å². The van der Waals surface area contributed by atoms with Crippen molar-refractivity contribution >= 4 is 43.7 Å². The summed E-state index contributed by atoms with van der Waals surface area (Å²) < 4.78 is 8.25. The third-order valence-corrected chi connectivity index (χ3v) is 0. The van der Waals surface area contributed by atoms with Crippen LogP contribution >= 0.6 is 0 Å². The first-order valence-electron chi connectivity index (χ1n) is 0.204. The van der Waals surface area contributed by atoms with Crippen LogP contribution in [0.5, 0.6) is 0 Å². The summed E-state index contributed by atoms with van der Waals surface area (Å²) in [5.41, 5.74) is 0. The molecule has 0 saturated carbocycles. The molecule has 4 heteroatoms. The molecule has 4 heavy (non-hydrogen) atoms. The predicted octanol–water partition coefficient (Wildman–Crippen LogP) is -2.76. The zero-order chi connectivity index (χ0) is 2.00. The van der Waals surface area contributed by atoms with Crippen LogP contribution in [0.2, 0.25) is 0 Å². The molecule has 0 aliphatic rings. The van der Waals surface area contributed by atoms with Crippen molar-refractivity contribution in [3.63, 3.8) is 0 Å². The molecule has 0 fully saturated rings. The molecule has 0 spiro atoms. The third-order valence-electron chi connectivity index (χ3n) is 0. The second-order valence-electron chi connectivity index (χ2n) is 0. The van der Waals surface area contributed by atoms with Crippen molar-refractivity contribution in [2.45, 2.75) is 0 Å². The van der Waals surface area contributed by atoms with Crippen LogP contribution in [0.15, 0.2) is 0 Å². The normalized spacial score (nSPS) is 0.750. The molecule has 24 valence electrons. The Balaban J connectivity index is -0.00000000500. The Morgan fingerprint density at radius 1 is 1.25 bits per heavy atom. The van der Waals surface area contributed by atoms with Gasteiger partial charge < -0.3 is 0 Å². The molecule has 0 N–H and O–H groups in total. The van der Waals surface area contributed by atoms with Gasteiger partial charge in [-0.15, -0.1) is 0 Å². The molecule has 0 heterocycles. The van der Waals surface area contributed by atoms with E-state index in [1.165, 1.54) is 0 Å². The fourth-order valence-corrected chi connectivity index (χ4v) is 0. The van der Waals surface area contributed by atoms with E-state index in [2.05, 4.69) is 0 Å². The molecule has 0 aliphatic heterocycles. The Hall–Kier alpha value is 1.95. The van der Waals surface area contributed by atoms with Crippen molar-refractivity contribution in [1.29, 1.82) is 0 Å². The Morgan fingerprint density at radius 3 is 1.25 bits per heavy atom. The van der Waals surface area contributed by atoms with E-state index in [0.29, 0.717) is 0 Å². The fourth-order valence-electron chi connectivity index (χ4n) is 0. The quantitative estimate of drug-likeness (QED) is 0.431. The Morgan fingerprint density at radius 2 is 1.25 bits per heavy atom. The monoisotopic (exact) mass is 260 g/mol. The molecule has 0 aliphatic carbocycles. The van der Waals surface area contributed by atoms with Crippen LogP contribution in [0.25, 0.3) is 0 Å². The molecule has 0 aromatic rings. The van der Waals surface area contributed by atoms with Crippen molar-refractivity contribution in [3.8, 4) is 0 Å². The van der Waals surface area contributed by atoms with Crippen LogP contribution in [0.3, 0.4) is 0 Å². The van der Waals surface area contributed by atoms with E-state index in [4.69, 9.17) is 3.32 Å². The van der Waals surface area contributed by atoms with Gasteiger partial charge in [-0.05, 0) is 0 Å². The van der Waals surface area contributed by atoms with E-state index in [-0.39, 0.29) is 43.7 Å². The maximum atomic E-state index is 8.25. The summed E-state index contributed by atoms with van der Waals surface area (Å²) in [4.78, 5) is 0. The molecular formula is H7GaOSnTi. The average Bonchev–Trinajstić information content (AvgIpc) is 1.00. The van der Waals surface area contributed by atoms with E-state index >= 15 is 0 Å². The van der Waals surface area contributed by atoms with Crippen molar-refractivity contribution in [2.75, 3.05) is 0 Å². The Labute approximate surface area is 66.6 Å². The first-order chi connectivity index (χ1) is 1.00. The minimum atomic E-state index is 0. The fraction of sp³-hybridized carbons (Fsp3) is 0. The SMILES string of the molecule is [GaH3].[O]=[Ti].[SnH4]. The van der Waals surface area contributed by atoms with Gasteiger partial charge in [-0.25, -0.2) is 0 Å². The van der Waals surface area contributed by atoms with Crippen molar-refractivity contribution in [3.05, 3.63) is 0 Å². The van der Waals surface area contributed by atoms with Gasteiger partial charge in [-0.3, -0.25) is 0 Å². The molecule has 0 unspecified atom stereocenters. The van der Waals surface area contributed by atoms with E-state index in [0.717, 1.165) is 20.4 Å². The molecule has 0 bridgehead atoms. The number of rotatable bonds is 0. The van der Waals surface area contributed by atoms with Gasteiger partial charge in [-0.1, -0.05) is 0 Å². The van der Waals surface area contributed by atoms with Gasteiger partial charge in [-0.2, -0.15) is 0 Å². The van der Waals surface area contributed by atoms with E-state index in [1.807, 2.05) is 0 Å². The molecule has 0 radical (unpaired) electrons. The second-order valence-corrected chi connectivity index (χ2v) is 0. The predicted molar refractivity (Wildman–Crippen MR) is 22.0 cm³/mol. The molecular weight excluding hydrogens is 252 g/mol. The Kier molecular flexibility index (Phi) is 85.1. The van der Waals surface area contributed by atoms with E-state index in [1.54, 1.807) is 0 Å². The zero-order valence-corrected chi connectivity index (χ0v) is 2.47.